The van der Waals surface area contributed by atoms with Crippen molar-refractivity contribution in [2.45, 2.75) is 4.90 Å². The summed E-state index contributed by atoms with van der Waals surface area (Å²) in [7, 11) is -3.48. The largest absolute Gasteiger partial charge is 0.363 e. The third kappa shape index (κ3) is 2.26. The first-order chi connectivity index (χ1) is 11.9. The molecule has 0 bridgehead atoms. The Kier molecular flexibility index (Phi) is 3.13. The second kappa shape index (κ2) is 5.12. The minimum absolute atomic E-state index is 0.0251. The smallest absolute Gasteiger partial charge is 0.324 e. The van der Waals surface area contributed by atoms with Gasteiger partial charge >= 0.3 is 5.97 Å². The number of hydrogen-bond acceptors (Lipinski definition) is 6. The molecule has 2 aliphatic rings. The molecule has 2 heterocycles. The minimum Gasteiger partial charge on any atom is -0.324 e. The molecule has 2 aromatic rings. The SMILES string of the molecule is O=C(ON1C(=O)c2ccccc2C1=O)c1ccc2c(c1)C=CS2(=O)=O. The first kappa shape index (κ1) is 15.3. The minimum atomic E-state index is -3.48. The molecule has 25 heavy (non-hydrogen) atoms. The van der Waals surface area contributed by atoms with Gasteiger partial charge in [-0.1, -0.05) is 17.2 Å². The second-order valence-electron chi connectivity index (χ2n) is 5.43. The lowest BCUT2D eigenvalue weighted by atomic mass is 10.1. The summed E-state index contributed by atoms with van der Waals surface area (Å²) in [4.78, 5) is 41.7. The van der Waals surface area contributed by atoms with Crippen LogP contribution in [0.2, 0.25) is 0 Å². The van der Waals surface area contributed by atoms with Gasteiger partial charge in [0.1, 0.15) is 0 Å². The summed E-state index contributed by atoms with van der Waals surface area (Å²) < 4.78 is 23.4. The van der Waals surface area contributed by atoms with E-state index in [1.165, 1.54) is 36.4 Å². The molecule has 0 aliphatic carbocycles. The number of carbonyl (C=O) groups is 3. The Bertz CT molecular complexity index is 1060. The maximum absolute atomic E-state index is 12.3. The number of hydroxylamine groups is 2. The monoisotopic (exact) mass is 355 g/mol. The Labute approximate surface area is 142 Å². The fourth-order valence-corrected chi connectivity index (χ4v) is 3.87. The molecule has 4 rings (SSSR count). The van der Waals surface area contributed by atoms with Crippen LogP contribution in [0.1, 0.15) is 36.6 Å². The number of hydrogen-bond donors (Lipinski definition) is 0. The average molecular weight is 355 g/mol. The van der Waals surface area contributed by atoms with Crippen LogP contribution in [0, 0.1) is 0 Å². The van der Waals surface area contributed by atoms with Gasteiger partial charge in [-0.2, -0.15) is 0 Å². The van der Waals surface area contributed by atoms with E-state index in [2.05, 4.69) is 0 Å². The summed E-state index contributed by atoms with van der Waals surface area (Å²) in [5, 5.41) is 1.45. The number of sulfone groups is 1. The van der Waals surface area contributed by atoms with Crippen LogP contribution in [-0.2, 0) is 14.7 Å². The topological polar surface area (TPSA) is 97.8 Å². The molecule has 8 heteroatoms. The van der Waals surface area contributed by atoms with Gasteiger partial charge in [0.25, 0.3) is 11.8 Å². The first-order valence-electron chi connectivity index (χ1n) is 7.16. The van der Waals surface area contributed by atoms with E-state index in [1.54, 1.807) is 12.1 Å². The number of carbonyl (C=O) groups excluding carboxylic acids is 3. The Morgan fingerprint density at radius 3 is 2.24 bits per heavy atom. The standard InChI is InChI=1S/C17H9NO6S/c19-15-12-3-1-2-4-13(12)16(20)18(15)24-17(21)11-5-6-14-10(9-11)7-8-25(14,22)23/h1-9H. The lowest BCUT2D eigenvalue weighted by molar-refractivity contribution is -0.0584. The molecular formula is C17H9NO6S. The van der Waals surface area contributed by atoms with Gasteiger partial charge in [-0.05, 0) is 42.0 Å². The van der Waals surface area contributed by atoms with E-state index in [4.69, 9.17) is 4.84 Å². The fraction of sp³-hybridized carbons (Fsp3) is 0. The summed E-state index contributed by atoms with van der Waals surface area (Å²) in [5.74, 6) is -2.38. The molecule has 0 atom stereocenters. The second-order valence-corrected chi connectivity index (χ2v) is 7.23. The van der Waals surface area contributed by atoms with E-state index < -0.39 is 27.6 Å². The highest BCUT2D eigenvalue weighted by molar-refractivity contribution is 7.94. The summed E-state index contributed by atoms with van der Waals surface area (Å²) in [6.45, 7) is 0. The predicted octanol–water partition coefficient (Wildman–Crippen LogP) is 1.81. The van der Waals surface area contributed by atoms with Gasteiger partial charge < -0.3 is 4.84 Å². The number of amides is 2. The zero-order valence-electron chi connectivity index (χ0n) is 12.5. The van der Waals surface area contributed by atoms with Gasteiger partial charge in [-0.3, -0.25) is 9.59 Å². The molecular weight excluding hydrogens is 346 g/mol. The van der Waals surface area contributed by atoms with E-state index in [0.717, 1.165) is 5.41 Å². The number of rotatable bonds is 2. The van der Waals surface area contributed by atoms with E-state index in [0.29, 0.717) is 10.6 Å². The number of imide groups is 1. The zero-order chi connectivity index (χ0) is 17.8. The van der Waals surface area contributed by atoms with E-state index in [1.807, 2.05) is 0 Å². The highest BCUT2D eigenvalue weighted by Gasteiger charge is 2.38. The van der Waals surface area contributed by atoms with Crippen LogP contribution in [0.15, 0.2) is 52.8 Å². The van der Waals surface area contributed by atoms with Crippen LogP contribution in [0.25, 0.3) is 6.08 Å². The maximum Gasteiger partial charge on any atom is 0.363 e. The van der Waals surface area contributed by atoms with Gasteiger partial charge in [0.2, 0.25) is 0 Å². The Morgan fingerprint density at radius 1 is 0.960 bits per heavy atom. The Morgan fingerprint density at radius 2 is 1.60 bits per heavy atom. The van der Waals surface area contributed by atoms with Crippen molar-refractivity contribution in [1.82, 2.24) is 5.06 Å². The molecule has 0 unspecified atom stereocenters. The van der Waals surface area contributed by atoms with Crippen molar-refractivity contribution in [2.24, 2.45) is 0 Å². The van der Waals surface area contributed by atoms with Crippen LogP contribution >= 0.6 is 0 Å². The molecule has 0 spiro atoms. The molecule has 0 fully saturated rings. The molecule has 124 valence electrons. The summed E-state index contributed by atoms with van der Waals surface area (Å²) >= 11 is 0. The van der Waals surface area contributed by atoms with E-state index in [-0.39, 0.29) is 21.6 Å². The number of fused-ring (bicyclic) bond motifs is 2. The van der Waals surface area contributed by atoms with Gasteiger partial charge in [-0.25, -0.2) is 13.2 Å². The van der Waals surface area contributed by atoms with Crippen molar-refractivity contribution in [2.75, 3.05) is 0 Å². The van der Waals surface area contributed by atoms with Crippen molar-refractivity contribution in [3.8, 4) is 0 Å². The van der Waals surface area contributed by atoms with Crippen molar-refractivity contribution in [3.63, 3.8) is 0 Å². The molecule has 2 aliphatic heterocycles. The van der Waals surface area contributed by atoms with E-state index >= 15 is 0 Å². The van der Waals surface area contributed by atoms with Gasteiger partial charge in [0, 0.05) is 5.41 Å². The molecule has 0 N–H and O–H groups in total. The predicted molar refractivity (Wildman–Crippen MR) is 85.0 cm³/mol. The summed E-state index contributed by atoms with van der Waals surface area (Å²) in [6.07, 6.45) is 1.36. The van der Waals surface area contributed by atoms with Crippen molar-refractivity contribution < 1.29 is 27.6 Å². The van der Waals surface area contributed by atoms with Crippen LogP contribution in [0.4, 0.5) is 0 Å². The van der Waals surface area contributed by atoms with E-state index in [9.17, 15) is 22.8 Å². The number of nitrogens with zero attached hydrogens (tertiary/aromatic N) is 1. The highest BCUT2D eigenvalue weighted by Crippen LogP contribution is 2.28. The molecule has 0 saturated heterocycles. The third-order valence-corrected chi connectivity index (χ3v) is 5.39. The fourth-order valence-electron chi connectivity index (χ4n) is 2.69. The lowest BCUT2D eigenvalue weighted by Crippen LogP contribution is -2.32. The molecule has 0 radical (unpaired) electrons. The third-order valence-electron chi connectivity index (χ3n) is 3.91. The van der Waals surface area contributed by atoms with Crippen molar-refractivity contribution in [1.29, 1.82) is 0 Å². The van der Waals surface area contributed by atoms with Crippen LogP contribution in [0.3, 0.4) is 0 Å². The van der Waals surface area contributed by atoms with Gasteiger partial charge in [0.05, 0.1) is 21.6 Å². The van der Waals surface area contributed by atoms with Gasteiger partial charge in [0.15, 0.2) is 9.84 Å². The summed E-state index contributed by atoms with van der Waals surface area (Å²) in [6, 6.07) is 10.0. The van der Waals surface area contributed by atoms with Crippen LogP contribution in [-0.4, -0.2) is 31.3 Å². The molecule has 0 aromatic heterocycles. The molecule has 2 aromatic carbocycles. The Balaban J connectivity index is 1.61. The quantitative estimate of drug-likeness (QED) is 0.762. The van der Waals surface area contributed by atoms with Crippen LogP contribution in [0.5, 0.6) is 0 Å². The van der Waals surface area contributed by atoms with Gasteiger partial charge in [-0.15, -0.1) is 0 Å². The normalized spacial score (nSPS) is 16.7. The van der Waals surface area contributed by atoms with Crippen molar-refractivity contribution >= 4 is 33.7 Å². The summed E-state index contributed by atoms with van der Waals surface area (Å²) in [5.41, 5.74) is 0.681. The lowest BCUT2D eigenvalue weighted by Gasteiger charge is -2.13. The molecule has 7 nitrogen and oxygen atoms in total. The maximum atomic E-state index is 12.3. The van der Waals surface area contributed by atoms with Crippen molar-refractivity contribution in [3.05, 3.63) is 70.1 Å². The molecule has 2 amide bonds. The van der Waals surface area contributed by atoms with Crippen LogP contribution < -0.4 is 0 Å². The first-order valence-corrected chi connectivity index (χ1v) is 8.70. The average Bonchev–Trinajstić information content (AvgIpc) is 3.04. The zero-order valence-corrected chi connectivity index (χ0v) is 13.3. The molecule has 0 saturated carbocycles. The highest BCUT2D eigenvalue weighted by atomic mass is 32.2. The number of benzene rings is 2. The Hall–Kier alpha value is -3.26.